The summed E-state index contributed by atoms with van der Waals surface area (Å²) in [7, 11) is 0. The van der Waals surface area contributed by atoms with Crippen LogP contribution in [0.25, 0.3) is 0 Å². The molecule has 0 bridgehead atoms. The molecule has 0 unspecified atom stereocenters. The molecule has 0 atom stereocenters. The Morgan fingerprint density at radius 3 is 2.93 bits per heavy atom. The molecule has 0 fully saturated rings. The zero-order valence-corrected chi connectivity index (χ0v) is 10.0. The molecule has 0 aliphatic heterocycles. The lowest BCUT2D eigenvalue weighted by molar-refractivity contribution is -0.138. The van der Waals surface area contributed by atoms with E-state index in [0.29, 0.717) is 10.9 Å². The number of aliphatic carboxylic acids is 1. The average molecular weight is 249 g/mol. The van der Waals surface area contributed by atoms with Crippen molar-refractivity contribution in [2.45, 2.75) is 19.9 Å². The fourth-order valence-corrected chi connectivity index (χ4v) is 2.27. The second-order valence-electron chi connectivity index (χ2n) is 3.16. The Labute approximate surface area is 97.5 Å². The summed E-state index contributed by atoms with van der Waals surface area (Å²) in [5.74, 6) is -0.814. The predicted molar refractivity (Wildman–Crippen MR) is 60.3 cm³/mol. The van der Waals surface area contributed by atoms with Crippen molar-refractivity contribution in [3.05, 3.63) is 15.5 Å². The van der Waals surface area contributed by atoms with E-state index in [-0.39, 0.29) is 6.54 Å². The van der Waals surface area contributed by atoms with Gasteiger partial charge in [-0.05, 0) is 13.0 Å². The van der Waals surface area contributed by atoms with Crippen LogP contribution >= 0.6 is 22.9 Å². The van der Waals surface area contributed by atoms with Crippen molar-refractivity contribution in [2.24, 2.45) is 0 Å². The van der Waals surface area contributed by atoms with Crippen LogP contribution in [0.4, 0.5) is 0 Å². The largest absolute Gasteiger partial charge is 0.480 e. The summed E-state index contributed by atoms with van der Waals surface area (Å²) < 4.78 is 0.636. The van der Waals surface area contributed by atoms with Crippen molar-refractivity contribution in [3.63, 3.8) is 0 Å². The van der Waals surface area contributed by atoms with E-state index in [9.17, 15) is 4.79 Å². The molecule has 0 radical (unpaired) electrons. The van der Waals surface area contributed by atoms with Crippen LogP contribution < -0.4 is 0 Å². The van der Waals surface area contributed by atoms with Gasteiger partial charge in [-0.25, -0.2) is 4.98 Å². The smallest absolute Gasteiger partial charge is 0.317 e. The molecule has 1 heterocycles. The normalized spacial score (nSPS) is 10.9. The number of hydrogen-bond donors (Lipinski definition) is 1. The fraction of sp³-hybridized carbons (Fsp3) is 0.556. The van der Waals surface area contributed by atoms with Gasteiger partial charge in [0.2, 0.25) is 0 Å². The lowest BCUT2D eigenvalue weighted by Crippen LogP contribution is -2.29. The van der Waals surface area contributed by atoms with Crippen molar-refractivity contribution in [1.82, 2.24) is 9.88 Å². The Morgan fingerprint density at radius 1 is 1.73 bits per heavy atom. The minimum atomic E-state index is -0.814. The van der Waals surface area contributed by atoms with E-state index < -0.39 is 5.97 Å². The van der Waals surface area contributed by atoms with Crippen LogP contribution in [0.3, 0.4) is 0 Å². The summed E-state index contributed by atoms with van der Waals surface area (Å²) >= 11 is 7.14. The van der Waals surface area contributed by atoms with E-state index in [1.54, 1.807) is 6.20 Å². The highest BCUT2D eigenvalue weighted by Crippen LogP contribution is 2.19. The molecule has 0 saturated carbocycles. The molecule has 1 N–H and O–H groups in total. The van der Waals surface area contributed by atoms with Gasteiger partial charge < -0.3 is 5.11 Å². The van der Waals surface area contributed by atoms with E-state index in [4.69, 9.17) is 16.7 Å². The number of carboxylic acids is 1. The standard InChI is InChI=1S/C9H13ClN2O2S/c1-2-3-12(6-9(13)14)5-8-11-4-7(10)15-8/h4H,2-3,5-6H2,1H3,(H,13,14). The van der Waals surface area contributed by atoms with E-state index >= 15 is 0 Å². The lowest BCUT2D eigenvalue weighted by Gasteiger charge is -2.17. The summed E-state index contributed by atoms with van der Waals surface area (Å²) in [5.41, 5.74) is 0. The minimum Gasteiger partial charge on any atom is -0.480 e. The van der Waals surface area contributed by atoms with Gasteiger partial charge in [-0.15, -0.1) is 11.3 Å². The maximum atomic E-state index is 10.6. The first-order valence-electron chi connectivity index (χ1n) is 4.66. The average Bonchev–Trinajstić information content (AvgIpc) is 2.50. The fourth-order valence-electron chi connectivity index (χ4n) is 1.27. The van der Waals surface area contributed by atoms with Gasteiger partial charge >= 0.3 is 5.97 Å². The number of thiazole rings is 1. The molecular formula is C9H13ClN2O2S. The summed E-state index contributed by atoms with van der Waals surface area (Å²) in [6.45, 7) is 3.37. The molecule has 0 amide bonds. The van der Waals surface area contributed by atoms with Crippen molar-refractivity contribution >= 4 is 28.9 Å². The molecule has 15 heavy (non-hydrogen) atoms. The molecule has 0 saturated heterocycles. The molecular weight excluding hydrogens is 236 g/mol. The van der Waals surface area contributed by atoms with Crippen LogP contribution in [0, 0.1) is 0 Å². The zero-order chi connectivity index (χ0) is 11.3. The number of aromatic nitrogens is 1. The third-order valence-electron chi connectivity index (χ3n) is 1.78. The SMILES string of the molecule is CCCN(CC(=O)O)Cc1ncc(Cl)s1. The Kier molecular flexibility index (Phi) is 5.01. The van der Waals surface area contributed by atoms with Gasteiger partial charge in [0.15, 0.2) is 0 Å². The van der Waals surface area contributed by atoms with Crippen LogP contribution in [0.1, 0.15) is 18.4 Å². The minimum absolute atomic E-state index is 0.0467. The van der Waals surface area contributed by atoms with Gasteiger partial charge in [-0.2, -0.15) is 0 Å². The Bertz CT molecular complexity index is 330. The molecule has 0 aliphatic rings. The number of rotatable bonds is 6. The highest BCUT2D eigenvalue weighted by Gasteiger charge is 2.11. The van der Waals surface area contributed by atoms with Crippen LogP contribution in [0.5, 0.6) is 0 Å². The number of hydrogen-bond acceptors (Lipinski definition) is 4. The molecule has 1 aromatic rings. The molecule has 0 aromatic carbocycles. The second-order valence-corrected chi connectivity index (χ2v) is 4.91. The first-order chi connectivity index (χ1) is 7.11. The van der Waals surface area contributed by atoms with Crippen molar-refractivity contribution in [1.29, 1.82) is 0 Å². The van der Waals surface area contributed by atoms with Gasteiger partial charge in [0.05, 0.1) is 19.3 Å². The second kappa shape index (κ2) is 6.05. The highest BCUT2D eigenvalue weighted by atomic mass is 35.5. The number of carbonyl (C=O) groups is 1. The maximum Gasteiger partial charge on any atom is 0.317 e. The first kappa shape index (κ1) is 12.4. The quantitative estimate of drug-likeness (QED) is 0.838. The molecule has 0 spiro atoms. The van der Waals surface area contributed by atoms with E-state index in [1.165, 1.54) is 11.3 Å². The topological polar surface area (TPSA) is 53.4 Å². The first-order valence-corrected chi connectivity index (χ1v) is 5.85. The highest BCUT2D eigenvalue weighted by molar-refractivity contribution is 7.15. The van der Waals surface area contributed by atoms with E-state index in [1.807, 2.05) is 11.8 Å². The van der Waals surface area contributed by atoms with Crippen LogP contribution in [0.2, 0.25) is 4.34 Å². The molecule has 0 aliphatic carbocycles. The van der Waals surface area contributed by atoms with Crippen molar-refractivity contribution in [2.75, 3.05) is 13.1 Å². The van der Waals surface area contributed by atoms with Gasteiger partial charge in [0.1, 0.15) is 9.34 Å². The Balaban J connectivity index is 2.53. The third-order valence-corrected chi connectivity index (χ3v) is 2.88. The van der Waals surface area contributed by atoms with Gasteiger partial charge in [0.25, 0.3) is 0 Å². The number of nitrogens with zero attached hydrogens (tertiary/aromatic N) is 2. The predicted octanol–water partition coefficient (Wildman–Crippen LogP) is 2.09. The molecule has 6 heteroatoms. The summed E-state index contributed by atoms with van der Waals surface area (Å²) in [5, 5.41) is 9.57. The molecule has 1 aromatic heterocycles. The van der Waals surface area contributed by atoms with Crippen LogP contribution in [-0.4, -0.2) is 34.0 Å². The molecule has 84 valence electrons. The summed E-state index contributed by atoms with van der Waals surface area (Å²) in [6, 6.07) is 0. The summed E-state index contributed by atoms with van der Waals surface area (Å²) in [6.07, 6.45) is 2.51. The van der Waals surface area contributed by atoms with Crippen LogP contribution in [0.15, 0.2) is 6.20 Å². The maximum absolute atomic E-state index is 10.6. The molecule has 4 nitrogen and oxygen atoms in total. The van der Waals surface area contributed by atoms with E-state index in [2.05, 4.69) is 4.98 Å². The van der Waals surface area contributed by atoms with Gasteiger partial charge in [-0.3, -0.25) is 9.69 Å². The van der Waals surface area contributed by atoms with Crippen molar-refractivity contribution in [3.8, 4) is 0 Å². The molecule has 1 rings (SSSR count). The Morgan fingerprint density at radius 2 is 2.47 bits per heavy atom. The van der Waals surface area contributed by atoms with Crippen LogP contribution in [-0.2, 0) is 11.3 Å². The number of carboxylic acid groups (broad SMARTS) is 1. The number of halogens is 1. The lowest BCUT2D eigenvalue weighted by atomic mass is 10.4. The van der Waals surface area contributed by atoms with Gasteiger partial charge in [-0.1, -0.05) is 18.5 Å². The van der Waals surface area contributed by atoms with Crippen molar-refractivity contribution < 1.29 is 9.90 Å². The Hall–Kier alpha value is -0.650. The van der Waals surface area contributed by atoms with E-state index in [0.717, 1.165) is 18.0 Å². The monoisotopic (exact) mass is 248 g/mol. The summed E-state index contributed by atoms with van der Waals surface area (Å²) in [4.78, 5) is 16.5. The van der Waals surface area contributed by atoms with Gasteiger partial charge in [0, 0.05) is 0 Å². The third kappa shape index (κ3) is 4.59. The zero-order valence-electron chi connectivity index (χ0n) is 8.44.